The first-order valence-corrected chi connectivity index (χ1v) is 16.6. The molecule has 0 saturated heterocycles. The summed E-state index contributed by atoms with van der Waals surface area (Å²) in [6, 6.07) is 13.7. The minimum Gasteiger partial charge on any atom is -0.494 e. The second-order valence-corrected chi connectivity index (χ2v) is 12.0. The molecule has 0 saturated carbocycles. The van der Waals surface area contributed by atoms with E-state index in [1.807, 2.05) is 54.7 Å². The molecule has 0 aromatic carbocycles. The lowest BCUT2D eigenvalue weighted by molar-refractivity contribution is 0.411. The van der Waals surface area contributed by atoms with Gasteiger partial charge in [-0.05, 0) is 84.9 Å². The van der Waals surface area contributed by atoms with Gasteiger partial charge < -0.3 is 25.9 Å². The fourth-order valence-electron chi connectivity index (χ4n) is 5.23. The summed E-state index contributed by atoms with van der Waals surface area (Å²) in [4.78, 5) is 27.3. The summed E-state index contributed by atoms with van der Waals surface area (Å²) in [7, 11) is 3.24. The Labute approximate surface area is 293 Å². The van der Waals surface area contributed by atoms with Crippen molar-refractivity contribution in [1.29, 1.82) is 5.41 Å². The Morgan fingerprint density at radius 2 is 1.78 bits per heavy atom. The first-order chi connectivity index (χ1) is 24.4. The van der Waals surface area contributed by atoms with E-state index in [2.05, 4.69) is 40.7 Å². The minimum atomic E-state index is 0.368. The van der Waals surface area contributed by atoms with E-state index < -0.39 is 0 Å². The average Bonchev–Trinajstić information content (AvgIpc) is 3.63. The number of methoxy groups -OCH3 is 2. The van der Waals surface area contributed by atoms with Crippen molar-refractivity contribution in [2.75, 3.05) is 19.5 Å². The van der Waals surface area contributed by atoms with Gasteiger partial charge in [-0.3, -0.25) is 24.9 Å². The maximum Gasteiger partial charge on any atom is 0.235 e. The van der Waals surface area contributed by atoms with Gasteiger partial charge in [0.1, 0.15) is 28.6 Å². The van der Waals surface area contributed by atoms with E-state index in [4.69, 9.17) is 25.6 Å². The molecule has 50 heavy (non-hydrogen) atoms. The van der Waals surface area contributed by atoms with Crippen molar-refractivity contribution >= 4 is 39.7 Å². The van der Waals surface area contributed by atoms with Gasteiger partial charge in [0.25, 0.3) is 0 Å². The molecule has 0 aliphatic heterocycles. The molecule has 0 bridgehead atoms. The molecule has 12 nitrogen and oxygen atoms in total. The standard InChI is InChI=1S/C37H36N10O2S/c1-23(39)13-27(34-32(48-2)14-24(18-38)19-43-34)7-4-5-9-29-16-28(10-12-40-29)35-33(49-3)15-25(20-44-35)21-45-37-46-36(50-47-37)30-17-26-8-6-11-41-31(26)22-42-30/h4,6-8,10-17,19-20,22,39H,5,9,18,21,38H2,1-3H3,(H,45,47)/b7-4-,27-13+,39-23?. The molecule has 252 valence electrons. The Morgan fingerprint density at radius 1 is 0.940 bits per heavy atom. The second kappa shape index (κ2) is 16.0. The Morgan fingerprint density at radius 3 is 2.60 bits per heavy atom. The van der Waals surface area contributed by atoms with Crippen LogP contribution in [0.5, 0.6) is 11.5 Å². The van der Waals surface area contributed by atoms with E-state index in [9.17, 15) is 0 Å². The summed E-state index contributed by atoms with van der Waals surface area (Å²) in [5, 5.41) is 13.0. The number of fused-ring (bicyclic) bond motifs is 1. The molecule has 6 aromatic rings. The summed E-state index contributed by atoms with van der Waals surface area (Å²) in [6.07, 6.45) is 16.1. The fraction of sp³-hybridized carbons (Fsp3) is 0.189. The quantitative estimate of drug-likeness (QED) is 0.0824. The van der Waals surface area contributed by atoms with Gasteiger partial charge in [0.15, 0.2) is 5.01 Å². The fourth-order valence-corrected chi connectivity index (χ4v) is 5.84. The molecule has 0 aliphatic carbocycles. The lowest BCUT2D eigenvalue weighted by Gasteiger charge is -2.11. The number of allylic oxidation sites excluding steroid dienone is 4. The molecule has 6 aromatic heterocycles. The lowest BCUT2D eigenvalue weighted by Crippen LogP contribution is -2.03. The molecule has 0 aliphatic rings. The first-order valence-electron chi connectivity index (χ1n) is 15.9. The van der Waals surface area contributed by atoms with Crippen LogP contribution in [0, 0.1) is 5.41 Å². The SMILES string of the molecule is COc1cc(CN)cnc1C(/C=C\CCc1cc(-c2ncc(CNc3nsc(-c4cc5cccnc5cn4)n3)cc2OC)ccn1)=C/C(C)=N. The molecule has 6 heterocycles. The number of aromatic nitrogens is 7. The van der Waals surface area contributed by atoms with Gasteiger partial charge in [0, 0.05) is 65.8 Å². The third-order valence-corrected chi connectivity index (χ3v) is 8.42. The van der Waals surface area contributed by atoms with Crippen LogP contribution in [0.1, 0.15) is 35.9 Å². The molecule has 0 spiro atoms. The first kappa shape index (κ1) is 34.0. The van der Waals surface area contributed by atoms with Gasteiger partial charge in [-0.15, -0.1) is 0 Å². The number of rotatable bonds is 14. The highest BCUT2D eigenvalue weighted by atomic mass is 32.1. The van der Waals surface area contributed by atoms with Gasteiger partial charge in [0.05, 0.1) is 25.9 Å². The Balaban J connectivity index is 1.10. The number of hydrogen-bond acceptors (Lipinski definition) is 13. The van der Waals surface area contributed by atoms with Crippen molar-refractivity contribution in [3.05, 3.63) is 114 Å². The van der Waals surface area contributed by atoms with Crippen LogP contribution >= 0.6 is 11.5 Å². The molecule has 6 rings (SSSR count). The number of anilines is 1. The maximum atomic E-state index is 8.02. The van der Waals surface area contributed by atoms with Crippen LogP contribution in [0.3, 0.4) is 0 Å². The lowest BCUT2D eigenvalue weighted by atomic mass is 10.1. The highest BCUT2D eigenvalue weighted by Crippen LogP contribution is 2.30. The number of hydrogen-bond donors (Lipinski definition) is 3. The van der Waals surface area contributed by atoms with Crippen molar-refractivity contribution in [3.8, 4) is 33.5 Å². The molecule has 4 N–H and O–H groups in total. The smallest absolute Gasteiger partial charge is 0.235 e. The molecule has 0 radical (unpaired) electrons. The normalized spacial score (nSPS) is 11.6. The van der Waals surface area contributed by atoms with Crippen molar-refractivity contribution in [3.63, 3.8) is 0 Å². The molecule has 0 unspecified atom stereocenters. The topological polar surface area (TPSA) is 171 Å². The highest BCUT2D eigenvalue weighted by Gasteiger charge is 2.13. The van der Waals surface area contributed by atoms with Crippen molar-refractivity contribution in [1.82, 2.24) is 34.3 Å². The van der Waals surface area contributed by atoms with E-state index in [-0.39, 0.29) is 0 Å². The molecule has 0 fully saturated rings. The van der Waals surface area contributed by atoms with Gasteiger partial charge in [-0.25, -0.2) is 0 Å². The van der Waals surface area contributed by atoms with Crippen molar-refractivity contribution in [2.24, 2.45) is 5.73 Å². The predicted molar refractivity (Wildman–Crippen MR) is 197 cm³/mol. The molecular formula is C37H36N10O2S. The predicted octanol–water partition coefficient (Wildman–Crippen LogP) is 6.70. The average molecular weight is 685 g/mol. The summed E-state index contributed by atoms with van der Waals surface area (Å²) in [5.74, 6) is 1.79. The number of nitrogens with one attached hydrogen (secondary N) is 2. The number of aryl methyl sites for hydroxylation is 1. The maximum absolute atomic E-state index is 8.02. The summed E-state index contributed by atoms with van der Waals surface area (Å²) >= 11 is 1.29. The van der Waals surface area contributed by atoms with E-state index in [0.717, 1.165) is 61.7 Å². The minimum absolute atomic E-state index is 0.368. The van der Waals surface area contributed by atoms with Crippen LogP contribution in [-0.2, 0) is 19.5 Å². The monoisotopic (exact) mass is 684 g/mol. The third kappa shape index (κ3) is 8.20. The zero-order valence-corrected chi connectivity index (χ0v) is 28.7. The van der Waals surface area contributed by atoms with E-state index in [1.54, 1.807) is 52.0 Å². The number of ether oxygens (including phenoxy) is 2. The number of pyridine rings is 5. The van der Waals surface area contributed by atoms with E-state index >= 15 is 0 Å². The molecule has 0 amide bonds. The van der Waals surface area contributed by atoms with Gasteiger partial charge in [-0.1, -0.05) is 18.2 Å². The summed E-state index contributed by atoms with van der Waals surface area (Å²) in [6.45, 7) is 2.56. The van der Waals surface area contributed by atoms with Crippen LogP contribution in [0.2, 0.25) is 0 Å². The van der Waals surface area contributed by atoms with Gasteiger partial charge in [-0.2, -0.15) is 9.36 Å². The van der Waals surface area contributed by atoms with Crippen LogP contribution in [0.25, 0.3) is 38.4 Å². The number of nitrogens with two attached hydrogens (primary N) is 1. The van der Waals surface area contributed by atoms with E-state index in [1.165, 1.54) is 11.5 Å². The van der Waals surface area contributed by atoms with Crippen molar-refractivity contribution in [2.45, 2.75) is 32.9 Å². The largest absolute Gasteiger partial charge is 0.494 e. The zero-order valence-electron chi connectivity index (χ0n) is 27.9. The summed E-state index contributed by atoms with van der Waals surface area (Å²) in [5.41, 5.74) is 13.6. The van der Waals surface area contributed by atoms with Crippen LogP contribution in [0.4, 0.5) is 5.95 Å². The van der Waals surface area contributed by atoms with E-state index in [0.29, 0.717) is 48.4 Å². The Bertz CT molecular complexity index is 2200. The number of nitrogens with zero attached hydrogens (tertiary/aromatic N) is 7. The molecular weight excluding hydrogens is 649 g/mol. The zero-order chi connectivity index (χ0) is 34.9. The molecule has 13 heteroatoms. The second-order valence-electron chi connectivity index (χ2n) is 11.3. The van der Waals surface area contributed by atoms with Gasteiger partial charge in [0.2, 0.25) is 5.95 Å². The van der Waals surface area contributed by atoms with Gasteiger partial charge >= 0.3 is 0 Å². The Hall–Kier alpha value is -5.92. The third-order valence-electron chi connectivity index (χ3n) is 7.68. The Kier molecular flexibility index (Phi) is 10.9. The molecule has 0 atom stereocenters. The van der Waals surface area contributed by atoms with Crippen LogP contribution in [0.15, 0.2) is 91.7 Å². The van der Waals surface area contributed by atoms with Crippen LogP contribution in [-0.4, -0.2) is 54.2 Å². The van der Waals surface area contributed by atoms with Crippen molar-refractivity contribution < 1.29 is 9.47 Å². The summed E-state index contributed by atoms with van der Waals surface area (Å²) < 4.78 is 15.8. The van der Waals surface area contributed by atoms with Crippen LogP contribution < -0.4 is 20.5 Å². The highest BCUT2D eigenvalue weighted by molar-refractivity contribution is 7.09.